The summed E-state index contributed by atoms with van der Waals surface area (Å²) < 4.78 is 4.93. The minimum absolute atomic E-state index is 0.0583. The van der Waals surface area contributed by atoms with Crippen LogP contribution >= 0.6 is 0 Å². The minimum Gasteiger partial charge on any atom is -0.481 e. The van der Waals surface area contributed by atoms with Crippen LogP contribution in [-0.2, 0) is 9.53 Å². The predicted octanol–water partition coefficient (Wildman–Crippen LogP) is 2.05. The average molecular weight is 308 g/mol. The zero-order valence-corrected chi connectivity index (χ0v) is 12.8. The fourth-order valence-electron chi connectivity index (χ4n) is 1.76. The summed E-state index contributed by atoms with van der Waals surface area (Å²) in [6.45, 7) is 3.50. The van der Waals surface area contributed by atoms with E-state index in [2.05, 4.69) is 5.32 Å². The maximum atomic E-state index is 12.1. The summed E-state index contributed by atoms with van der Waals surface area (Å²) in [5, 5.41) is 11.4. The van der Waals surface area contributed by atoms with Gasteiger partial charge in [0.25, 0.3) is 0 Å². The van der Waals surface area contributed by atoms with Gasteiger partial charge in [-0.25, -0.2) is 9.59 Å². The summed E-state index contributed by atoms with van der Waals surface area (Å²) in [5.41, 5.74) is 0.568. The van der Waals surface area contributed by atoms with Crippen molar-refractivity contribution in [3.05, 3.63) is 29.8 Å². The van der Waals surface area contributed by atoms with Crippen molar-refractivity contribution in [2.75, 3.05) is 25.5 Å². The Balaban J connectivity index is 2.80. The van der Waals surface area contributed by atoms with E-state index in [-0.39, 0.29) is 18.7 Å². The largest absolute Gasteiger partial charge is 0.481 e. The number of nitrogens with one attached hydrogen (secondary N) is 1. The van der Waals surface area contributed by atoms with Gasteiger partial charge in [0.15, 0.2) is 0 Å². The lowest BCUT2D eigenvalue weighted by Crippen LogP contribution is -2.37. The van der Waals surface area contributed by atoms with Gasteiger partial charge in [0.1, 0.15) is 0 Å². The lowest BCUT2D eigenvalue weighted by Gasteiger charge is -2.20. The molecule has 0 saturated heterocycles. The van der Waals surface area contributed by atoms with Gasteiger partial charge in [-0.3, -0.25) is 4.79 Å². The summed E-state index contributed by atoms with van der Waals surface area (Å²) in [6, 6.07) is 5.98. The lowest BCUT2D eigenvalue weighted by molar-refractivity contribution is -0.141. The molecule has 2 amide bonds. The number of hydrogen-bond acceptors (Lipinski definition) is 4. The number of benzene rings is 1. The Labute approximate surface area is 128 Å². The van der Waals surface area contributed by atoms with Gasteiger partial charge in [-0.05, 0) is 19.1 Å². The molecule has 120 valence electrons. The molecule has 1 aromatic rings. The quantitative estimate of drug-likeness (QED) is 0.784. The second kappa shape index (κ2) is 8.02. The highest BCUT2D eigenvalue weighted by molar-refractivity contribution is 6.00. The van der Waals surface area contributed by atoms with Crippen LogP contribution in [0.3, 0.4) is 0 Å². The Morgan fingerprint density at radius 2 is 1.95 bits per heavy atom. The molecule has 7 heteroatoms. The Morgan fingerprint density at radius 1 is 1.32 bits per heavy atom. The summed E-state index contributed by atoms with van der Waals surface area (Å²) >= 11 is 0. The first kappa shape index (κ1) is 17.5. The highest BCUT2D eigenvalue weighted by atomic mass is 16.5. The molecule has 0 saturated carbocycles. The Hall–Kier alpha value is -2.57. The number of ether oxygens (including phenoxy) is 1. The van der Waals surface area contributed by atoms with E-state index in [0.29, 0.717) is 5.69 Å². The maximum absolute atomic E-state index is 12.1. The molecule has 1 atom stereocenters. The van der Waals surface area contributed by atoms with Crippen molar-refractivity contribution in [3.63, 3.8) is 0 Å². The molecule has 2 N–H and O–H groups in total. The fourth-order valence-corrected chi connectivity index (χ4v) is 1.76. The average Bonchev–Trinajstić information content (AvgIpc) is 2.47. The molecule has 0 fully saturated rings. The van der Waals surface area contributed by atoms with Crippen molar-refractivity contribution in [1.29, 1.82) is 0 Å². The first-order chi connectivity index (χ1) is 10.4. The van der Waals surface area contributed by atoms with Crippen LogP contribution in [0, 0.1) is 5.92 Å². The van der Waals surface area contributed by atoms with Crippen LogP contribution in [0.5, 0.6) is 0 Å². The van der Waals surface area contributed by atoms with E-state index in [1.54, 1.807) is 31.2 Å². The SMILES string of the molecule is CCOC(=O)c1ccccc1NC(=O)N(C)CC(C)C(=O)O. The number of carbonyl (C=O) groups excluding carboxylic acids is 2. The summed E-state index contributed by atoms with van der Waals surface area (Å²) in [5.74, 6) is -2.19. The molecule has 0 aliphatic rings. The Bertz CT molecular complexity index is 559. The first-order valence-corrected chi connectivity index (χ1v) is 6.87. The Kier molecular flexibility index (Phi) is 6.37. The molecule has 1 aromatic carbocycles. The molecule has 0 spiro atoms. The van der Waals surface area contributed by atoms with Crippen molar-refractivity contribution in [2.45, 2.75) is 13.8 Å². The van der Waals surface area contributed by atoms with E-state index < -0.39 is 23.9 Å². The molecule has 0 radical (unpaired) electrons. The number of urea groups is 1. The smallest absolute Gasteiger partial charge is 0.340 e. The number of amides is 2. The van der Waals surface area contributed by atoms with Crippen LogP contribution in [-0.4, -0.2) is 48.2 Å². The predicted molar refractivity (Wildman–Crippen MR) is 80.8 cm³/mol. The molecule has 7 nitrogen and oxygen atoms in total. The van der Waals surface area contributed by atoms with Crippen LogP contribution in [0.2, 0.25) is 0 Å². The zero-order chi connectivity index (χ0) is 16.7. The highest BCUT2D eigenvalue weighted by Crippen LogP contribution is 2.17. The molecule has 0 bridgehead atoms. The van der Waals surface area contributed by atoms with E-state index in [1.807, 2.05) is 0 Å². The molecule has 0 aliphatic carbocycles. The highest BCUT2D eigenvalue weighted by Gasteiger charge is 2.19. The van der Waals surface area contributed by atoms with E-state index in [1.165, 1.54) is 18.9 Å². The van der Waals surface area contributed by atoms with Crippen LogP contribution < -0.4 is 5.32 Å². The van der Waals surface area contributed by atoms with E-state index in [0.717, 1.165) is 0 Å². The van der Waals surface area contributed by atoms with Crippen LogP contribution in [0.25, 0.3) is 0 Å². The number of carboxylic acid groups (broad SMARTS) is 1. The maximum Gasteiger partial charge on any atom is 0.340 e. The third-order valence-corrected chi connectivity index (χ3v) is 2.98. The van der Waals surface area contributed by atoms with Crippen molar-refractivity contribution in [2.24, 2.45) is 5.92 Å². The first-order valence-electron chi connectivity index (χ1n) is 6.87. The van der Waals surface area contributed by atoms with Crippen LogP contribution in [0.1, 0.15) is 24.2 Å². The molecule has 22 heavy (non-hydrogen) atoms. The molecule has 0 heterocycles. The number of carboxylic acids is 1. The van der Waals surface area contributed by atoms with Gasteiger partial charge >= 0.3 is 18.0 Å². The number of anilines is 1. The minimum atomic E-state index is -0.980. The van der Waals surface area contributed by atoms with Gasteiger partial charge in [-0.15, -0.1) is 0 Å². The van der Waals surface area contributed by atoms with Crippen LogP contribution in [0.15, 0.2) is 24.3 Å². The number of para-hydroxylation sites is 1. The molecular formula is C15H20N2O5. The van der Waals surface area contributed by atoms with Gasteiger partial charge in [-0.2, -0.15) is 0 Å². The van der Waals surface area contributed by atoms with E-state index in [4.69, 9.17) is 9.84 Å². The van der Waals surface area contributed by atoms with Crippen molar-refractivity contribution < 1.29 is 24.2 Å². The van der Waals surface area contributed by atoms with Gasteiger partial charge in [0.05, 0.1) is 23.8 Å². The number of hydrogen-bond donors (Lipinski definition) is 2. The summed E-state index contributed by atoms with van der Waals surface area (Å²) in [4.78, 5) is 36.0. The van der Waals surface area contributed by atoms with Crippen molar-refractivity contribution in [1.82, 2.24) is 4.90 Å². The lowest BCUT2D eigenvalue weighted by atomic mass is 10.1. The number of rotatable bonds is 6. The molecule has 1 rings (SSSR count). The standard InChI is InChI=1S/C15H20N2O5/c1-4-22-14(20)11-7-5-6-8-12(11)16-15(21)17(3)9-10(2)13(18)19/h5-8,10H,4,9H2,1-3H3,(H,16,21)(H,18,19). The molecular weight excluding hydrogens is 288 g/mol. The number of carbonyl (C=O) groups is 3. The summed E-state index contributed by atoms with van der Waals surface area (Å²) in [6.07, 6.45) is 0. The van der Waals surface area contributed by atoms with Crippen LogP contribution in [0.4, 0.5) is 10.5 Å². The normalized spacial score (nSPS) is 11.4. The Morgan fingerprint density at radius 3 is 2.55 bits per heavy atom. The fraction of sp³-hybridized carbons (Fsp3) is 0.400. The second-order valence-corrected chi connectivity index (χ2v) is 4.82. The van der Waals surface area contributed by atoms with Crippen molar-refractivity contribution in [3.8, 4) is 0 Å². The van der Waals surface area contributed by atoms with Gasteiger partial charge in [0.2, 0.25) is 0 Å². The van der Waals surface area contributed by atoms with Gasteiger partial charge in [-0.1, -0.05) is 19.1 Å². The third kappa shape index (κ3) is 4.76. The number of nitrogens with zero attached hydrogens (tertiary/aromatic N) is 1. The molecule has 0 aliphatic heterocycles. The zero-order valence-electron chi connectivity index (χ0n) is 12.8. The molecule has 0 aromatic heterocycles. The number of aliphatic carboxylic acids is 1. The third-order valence-electron chi connectivity index (χ3n) is 2.98. The van der Waals surface area contributed by atoms with Gasteiger partial charge in [0, 0.05) is 13.6 Å². The van der Waals surface area contributed by atoms with E-state index >= 15 is 0 Å². The second-order valence-electron chi connectivity index (χ2n) is 4.82. The monoisotopic (exact) mass is 308 g/mol. The van der Waals surface area contributed by atoms with Gasteiger partial charge < -0.3 is 20.1 Å². The topological polar surface area (TPSA) is 95.9 Å². The summed E-state index contributed by atoms with van der Waals surface area (Å²) in [7, 11) is 1.49. The molecule has 1 unspecified atom stereocenters. The number of esters is 1. The van der Waals surface area contributed by atoms with E-state index in [9.17, 15) is 14.4 Å². The van der Waals surface area contributed by atoms with Crippen molar-refractivity contribution >= 4 is 23.7 Å².